The molecule has 3 rings (SSSR count). The Bertz CT molecular complexity index is 1290. The average Bonchev–Trinajstić information content (AvgIpc) is 2.88. The normalized spacial score (nSPS) is 11.3. The lowest BCUT2D eigenvalue weighted by atomic mass is 10.0. The summed E-state index contributed by atoms with van der Waals surface area (Å²) in [7, 11) is 3.69. The van der Waals surface area contributed by atoms with Gasteiger partial charge in [0.05, 0.1) is 46.2 Å². The molecule has 0 spiro atoms. The van der Waals surface area contributed by atoms with E-state index in [-0.39, 0.29) is 22.0 Å². The predicted octanol–water partition coefficient (Wildman–Crippen LogP) is 4.58. The molecular weight excluding hydrogens is 472 g/mol. The Balaban J connectivity index is 2.04. The van der Waals surface area contributed by atoms with Gasteiger partial charge in [-0.2, -0.15) is 0 Å². The largest absolute Gasteiger partial charge is 0.504 e. The number of aromatic hydroxyl groups is 1. The zero-order chi connectivity index (χ0) is 25.6. The van der Waals surface area contributed by atoms with Gasteiger partial charge in [0.15, 0.2) is 32.8 Å². The smallest absolute Gasteiger partial charge is 0.203 e. The standard InChI is InChI=1S/C26H28O8S/c1-30-19-9-11-20(12-10-19)35(28,29)16-21-18(8-13-22(31-2)25(21)27)7-6-17-14-23(32-3)26(34-5)24(15-17)33-4/h6-15,27H,16H2,1-5H3/b7-6-. The lowest BCUT2D eigenvalue weighted by Gasteiger charge is -2.14. The summed E-state index contributed by atoms with van der Waals surface area (Å²) in [5.41, 5.74) is 1.44. The topological polar surface area (TPSA) is 101 Å². The van der Waals surface area contributed by atoms with Crippen LogP contribution in [0.2, 0.25) is 0 Å². The molecule has 0 bridgehead atoms. The number of rotatable bonds is 10. The maximum absolute atomic E-state index is 13.2. The first-order valence-electron chi connectivity index (χ1n) is 10.5. The van der Waals surface area contributed by atoms with Gasteiger partial charge in [0, 0.05) is 5.56 Å². The van der Waals surface area contributed by atoms with E-state index in [1.54, 1.807) is 48.6 Å². The van der Waals surface area contributed by atoms with Crippen LogP contribution < -0.4 is 23.7 Å². The molecule has 0 amide bonds. The molecule has 0 saturated carbocycles. The highest BCUT2D eigenvalue weighted by molar-refractivity contribution is 7.90. The Labute approximate surface area is 205 Å². The van der Waals surface area contributed by atoms with Crippen LogP contribution in [-0.2, 0) is 15.6 Å². The molecule has 0 aromatic heterocycles. The van der Waals surface area contributed by atoms with Gasteiger partial charge in [0.25, 0.3) is 0 Å². The van der Waals surface area contributed by atoms with Gasteiger partial charge in [0.1, 0.15) is 5.75 Å². The van der Waals surface area contributed by atoms with Gasteiger partial charge >= 0.3 is 0 Å². The van der Waals surface area contributed by atoms with Crippen molar-refractivity contribution in [2.75, 3.05) is 35.5 Å². The molecule has 3 aromatic carbocycles. The number of hydrogen-bond donors (Lipinski definition) is 1. The van der Waals surface area contributed by atoms with E-state index in [9.17, 15) is 13.5 Å². The Morgan fingerprint density at radius 3 is 1.86 bits per heavy atom. The van der Waals surface area contributed by atoms with Crippen LogP contribution in [0.15, 0.2) is 53.4 Å². The minimum atomic E-state index is -3.78. The zero-order valence-corrected chi connectivity index (χ0v) is 21.0. The lowest BCUT2D eigenvalue weighted by Crippen LogP contribution is -2.07. The fourth-order valence-corrected chi connectivity index (χ4v) is 4.94. The molecule has 0 radical (unpaired) electrons. The van der Waals surface area contributed by atoms with Crippen molar-refractivity contribution in [3.8, 4) is 34.5 Å². The molecule has 8 nitrogen and oxygen atoms in total. The third-order valence-electron chi connectivity index (χ3n) is 5.40. The van der Waals surface area contributed by atoms with E-state index in [1.165, 1.54) is 47.7 Å². The predicted molar refractivity (Wildman–Crippen MR) is 134 cm³/mol. The van der Waals surface area contributed by atoms with E-state index in [0.717, 1.165) is 5.56 Å². The van der Waals surface area contributed by atoms with Crippen LogP contribution in [0.25, 0.3) is 12.2 Å². The number of methoxy groups -OCH3 is 5. The first-order valence-corrected chi connectivity index (χ1v) is 12.2. The van der Waals surface area contributed by atoms with Crippen LogP contribution in [0, 0.1) is 0 Å². The molecule has 0 fully saturated rings. The minimum absolute atomic E-state index is 0.111. The van der Waals surface area contributed by atoms with Gasteiger partial charge < -0.3 is 28.8 Å². The van der Waals surface area contributed by atoms with Crippen LogP contribution in [0.1, 0.15) is 16.7 Å². The molecule has 35 heavy (non-hydrogen) atoms. The number of phenolic OH excluding ortho intramolecular Hbond substituents is 1. The van der Waals surface area contributed by atoms with Crippen LogP contribution in [-0.4, -0.2) is 49.1 Å². The van der Waals surface area contributed by atoms with Crippen molar-refractivity contribution >= 4 is 22.0 Å². The molecular formula is C26H28O8S. The zero-order valence-electron chi connectivity index (χ0n) is 20.2. The highest BCUT2D eigenvalue weighted by Gasteiger charge is 2.22. The summed E-state index contributed by atoms with van der Waals surface area (Å²) in [5.74, 6) is 1.46. The van der Waals surface area contributed by atoms with Crippen molar-refractivity contribution in [1.82, 2.24) is 0 Å². The Morgan fingerprint density at radius 1 is 0.743 bits per heavy atom. The summed E-state index contributed by atoms with van der Waals surface area (Å²) in [6.07, 6.45) is 3.47. The van der Waals surface area contributed by atoms with Crippen molar-refractivity contribution in [2.24, 2.45) is 0 Å². The molecule has 0 aliphatic carbocycles. The highest BCUT2D eigenvalue weighted by Crippen LogP contribution is 2.39. The van der Waals surface area contributed by atoms with E-state index >= 15 is 0 Å². The highest BCUT2D eigenvalue weighted by atomic mass is 32.2. The number of ether oxygens (including phenoxy) is 5. The summed E-state index contributed by atoms with van der Waals surface area (Å²) in [6.45, 7) is 0. The summed E-state index contributed by atoms with van der Waals surface area (Å²) >= 11 is 0. The monoisotopic (exact) mass is 500 g/mol. The second-order valence-electron chi connectivity index (χ2n) is 7.41. The molecule has 186 valence electrons. The maximum atomic E-state index is 13.2. The summed E-state index contributed by atoms with van der Waals surface area (Å²) in [4.78, 5) is 0.111. The average molecular weight is 501 g/mol. The quantitative estimate of drug-likeness (QED) is 0.404. The Hall–Kier alpha value is -3.85. The van der Waals surface area contributed by atoms with Crippen molar-refractivity contribution < 1.29 is 37.2 Å². The van der Waals surface area contributed by atoms with Crippen molar-refractivity contribution in [3.05, 3.63) is 65.2 Å². The number of hydrogen-bond acceptors (Lipinski definition) is 8. The molecule has 0 unspecified atom stereocenters. The molecule has 0 heterocycles. The molecule has 3 aromatic rings. The minimum Gasteiger partial charge on any atom is -0.504 e. The van der Waals surface area contributed by atoms with Gasteiger partial charge in [0.2, 0.25) is 5.75 Å². The molecule has 9 heteroatoms. The Kier molecular flexibility index (Phi) is 8.14. The fraction of sp³-hybridized carbons (Fsp3) is 0.231. The van der Waals surface area contributed by atoms with Gasteiger partial charge in [-0.3, -0.25) is 0 Å². The fourth-order valence-electron chi connectivity index (χ4n) is 3.54. The van der Waals surface area contributed by atoms with E-state index in [1.807, 2.05) is 0 Å². The second-order valence-corrected chi connectivity index (χ2v) is 9.40. The lowest BCUT2D eigenvalue weighted by molar-refractivity contribution is 0.324. The van der Waals surface area contributed by atoms with Gasteiger partial charge in [-0.15, -0.1) is 0 Å². The van der Waals surface area contributed by atoms with Crippen LogP contribution >= 0.6 is 0 Å². The van der Waals surface area contributed by atoms with Gasteiger partial charge in [-0.25, -0.2) is 8.42 Å². The van der Waals surface area contributed by atoms with Crippen molar-refractivity contribution in [3.63, 3.8) is 0 Å². The van der Waals surface area contributed by atoms with Crippen LogP contribution in [0.4, 0.5) is 0 Å². The van der Waals surface area contributed by atoms with E-state index in [0.29, 0.717) is 28.6 Å². The maximum Gasteiger partial charge on any atom is 0.203 e. The van der Waals surface area contributed by atoms with Crippen LogP contribution in [0.3, 0.4) is 0 Å². The van der Waals surface area contributed by atoms with E-state index < -0.39 is 15.6 Å². The van der Waals surface area contributed by atoms with E-state index in [2.05, 4.69) is 0 Å². The molecule has 0 aliphatic rings. The van der Waals surface area contributed by atoms with Crippen molar-refractivity contribution in [1.29, 1.82) is 0 Å². The SMILES string of the molecule is COc1ccc(S(=O)(=O)Cc2c(/C=C\c3cc(OC)c(OC)c(OC)c3)ccc(OC)c2O)cc1. The number of sulfone groups is 1. The Morgan fingerprint density at radius 2 is 1.34 bits per heavy atom. The summed E-state index contributed by atoms with van der Waals surface area (Å²) in [6, 6.07) is 12.9. The summed E-state index contributed by atoms with van der Waals surface area (Å²) in [5, 5.41) is 10.8. The number of phenols is 1. The molecule has 0 saturated heterocycles. The third-order valence-corrected chi connectivity index (χ3v) is 7.06. The number of benzene rings is 3. The van der Waals surface area contributed by atoms with E-state index in [4.69, 9.17) is 23.7 Å². The van der Waals surface area contributed by atoms with Gasteiger partial charge in [-0.05, 0) is 53.6 Å². The summed E-state index contributed by atoms with van der Waals surface area (Å²) < 4.78 is 52.8. The molecule has 1 N–H and O–H groups in total. The first-order chi connectivity index (χ1) is 16.8. The molecule has 0 aliphatic heterocycles. The third kappa shape index (κ3) is 5.63. The van der Waals surface area contributed by atoms with Gasteiger partial charge in [-0.1, -0.05) is 18.2 Å². The molecule has 0 atom stereocenters. The van der Waals surface area contributed by atoms with Crippen molar-refractivity contribution in [2.45, 2.75) is 10.6 Å². The second kappa shape index (κ2) is 11.1. The first kappa shape index (κ1) is 25.8. The van der Waals surface area contributed by atoms with Crippen LogP contribution in [0.5, 0.6) is 34.5 Å².